The Labute approximate surface area is 120 Å². The van der Waals surface area contributed by atoms with Crippen molar-refractivity contribution in [3.05, 3.63) is 29.6 Å². The van der Waals surface area contributed by atoms with Gasteiger partial charge in [-0.05, 0) is 12.8 Å². The van der Waals surface area contributed by atoms with Gasteiger partial charge in [0.15, 0.2) is 0 Å². The molecule has 2 rings (SSSR count). The molecule has 1 aliphatic heterocycles. The van der Waals surface area contributed by atoms with Crippen LogP contribution in [0.15, 0.2) is 18.3 Å². The maximum atomic E-state index is 12.7. The van der Waals surface area contributed by atoms with Crippen LogP contribution in [-0.2, 0) is 0 Å². The quantitative estimate of drug-likeness (QED) is 0.790. The number of anilines is 1. The van der Waals surface area contributed by atoms with Crippen molar-refractivity contribution in [1.29, 1.82) is 0 Å². The number of aromatic nitrogens is 2. The zero-order chi connectivity index (χ0) is 14.9. The summed E-state index contributed by atoms with van der Waals surface area (Å²) in [6, 6.07) is 0.162. The Morgan fingerprint density at radius 1 is 1.45 bits per heavy atom. The number of hydrogen-bond donors (Lipinski definition) is 0. The minimum absolute atomic E-state index is 0.0107. The average Bonchev–Trinajstić information content (AvgIpc) is 2.87. The number of nitrogens with zero attached hydrogens (tertiary/aromatic N) is 4. The molecule has 1 aromatic heterocycles. The highest BCUT2D eigenvalue weighted by Gasteiger charge is 2.29. The topological polar surface area (TPSA) is 49.3 Å². The molecule has 5 nitrogen and oxygen atoms in total. The highest BCUT2D eigenvalue weighted by molar-refractivity contribution is 5.95. The molecule has 0 aliphatic carbocycles. The van der Waals surface area contributed by atoms with Gasteiger partial charge in [-0.2, -0.15) is 0 Å². The first-order chi connectivity index (χ1) is 9.41. The molecule has 0 saturated heterocycles. The Morgan fingerprint density at radius 3 is 2.70 bits per heavy atom. The third-order valence-electron chi connectivity index (χ3n) is 3.54. The van der Waals surface area contributed by atoms with Gasteiger partial charge in [-0.3, -0.25) is 4.79 Å². The Balaban J connectivity index is 2.26. The van der Waals surface area contributed by atoms with Crippen molar-refractivity contribution in [1.82, 2.24) is 14.9 Å². The maximum Gasteiger partial charge on any atom is 0.258 e. The zero-order valence-corrected chi connectivity index (χ0v) is 12.8. The molecular formula is C15H22N4O. The van der Waals surface area contributed by atoms with E-state index in [1.54, 1.807) is 6.20 Å². The summed E-state index contributed by atoms with van der Waals surface area (Å²) in [7, 11) is 3.77. The summed E-state index contributed by atoms with van der Waals surface area (Å²) < 4.78 is 0. The van der Waals surface area contributed by atoms with E-state index < -0.39 is 0 Å². The predicted octanol–water partition coefficient (Wildman–Crippen LogP) is 1.89. The molecule has 0 saturated carbocycles. The largest absolute Gasteiger partial charge is 0.347 e. The fraction of sp³-hybridized carbons (Fsp3) is 0.533. The Hall–Kier alpha value is -1.91. The van der Waals surface area contributed by atoms with Crippen molar-refractivity contribution in [3.8, 4) is 0 Å². The third-order valence-corrected chi connectivity index (χ3v) is 3.54. The fourth-order valence-electron chi connectivity index (χ4n) is 2.37. The number of carbonyl (C=O) groups is 1. The normalized spacial score (nSPS) is 17.9. The molecular weight excluding hydrogens is 252 g/mol. The van der Waals surface area contributed by atoms with Gasteiger partial charge in [0, 0.05) is 26.8 Å². The summed E-state index contributed by atoms with van der Waals surface area (Å²) in [5.74, 6) is 1.04. The van der Waals surface area contributed by atoms with Gasteiger partial charge in [-0.15, -0.1) is 0 Å². The van der Waals surface area contributed by atoms with Gasteiger partial charge in [0.25, 0.3) is 5.91 Å². The molecule has 0 spiro atoms. The van der Waals surface area contributed by atoms with Crippen molar-refractivity contribution < 1.29 is 4.79 Å². The maximum absolute atomic E-state index is 12.7. The van der Waals surface area contributed by atoms with Crippen LogP contribution in [0, 0.1) is 12.8 Å². The van der Waals surface area contributed by atoms with E-state index >= 15 is 0 Å². The van der Waals surface area contributed by atoms with E-state index in [0.717, 1.165) is 5.69 Å². The number of rotatable bonds is 3. The molecule has 0 aromatic carbocycles. The lowest BCUT2D eigenvalue weighted by atomic mass is 10.0. The van der Waals surface area contributed by atoms with E-state index in [1.165, 1.54) is 0 Å². The minimum atomic E-state index is 0.0107. The monoisotopic (exact) mass is 274 g/mol. The van der Waals surface area contributed by atoms with Gasteiger partial charge in [0.1, 0.15) is 0 Å². The van der Waals surface area contributed by atoms with Gasteiger partial charge in [0.2, 0.25) is 5.95 Å². The summed E-state index contributed by atoms with van der Waals surface area (Å²) in [6.07, 6.45) is 5.79. The second-order valence-electron chi connectivity index (χ2n) is 5.68. The standard InChI is InChI=1S/C15H22N4O/c1-10(2)13-7-6-8-19(13)14(20)12-9-16-15(18(4)5)17-11(12)3/h6-7,9-10,13H,8H2,1-5H3/t13-/m1/s1. The lowest BCUT2D eigenvalue weighted by molar-refractivity contribution is 0.0719. The van der Waals surface area contributed by atoms with Crippen LogP contribution >= 0.6 is 0 Å². The molecule has 2 heterocycles. The molecule has 108 valence electrons. The molecule has 0 unspecified atom stereocenters. The molecule has 0 bridgehead atoms. The SMILES string of the molecule is Cc1nc(N(C)C)ncc1C(=O)N1CC=C[C@@H]1C(C)C. The van der Waals surface area contributed by atoms with E-state index in [1.807, 2.05) is 36.9 Å². The summed E-state index contributed by atoms with van der Waals surface area (Å²) in [6.45, 7) is 6.77. The molecule has 1 aromatic rings. The molecule has 5 heteroatoms. The first-order valence-electron chi connectivity index (χ1n) is 6.90. The van der Waals surface area contributed by atoms with Crippen LogP contribution in [0.2, 0.25) is 0 Å². The van der Waals surface area contributed by atoms with Crippen molar-refractivity contribution >= 4 is 11.9 Å². The number of aryl methyl sites for hydroxylation is 1. The molecule has 0 N–H and O–H groups in total. The fourth-order valence-corrected chi connectivity index (χ4v) is 2.37. The van der Waals surface area contributed by atoms with Gasteiger partial charge in [0.05, 0.1) is 17.3 Å². The molecule has 1 atom stereocenters. The Kier molecular flexibility index (Phi) is 4.06. The van der Waals surface area contributed by atoms with E-state index in [9.17, 15) is 4.79 Å². The van der Waals surface area contributed by atoms with Gasteiger partial charge < -0.3 is 9.80 Å². The lowest BCUT2D eigenvalue weighted by Gasteiger charge is -2.28. The van der Waals surface area contributed by atoms with Crippen LogP contribution in [0.25, 0.3) is 0 Å². The summed E-state index contributed by atoms with van der Waals surface area (Å²) in [4.78, 5) is 25.0. The number of amides is 1. The third kappa shape index (κ3) is 2.66. The predicted molar refractivity (Wildman–Crippen MR) is 79.9 cm³/mol. The molecule has 0 fully saturated rings. The van der Waals surface area contributed by atoms with Crippen LogP contribution in [0.5, 0.6) is 0 Å². The van der Waals surface area contributed by atoms with E-state index in [0.29, 0.717) is 24.0 Å². The van der Waals surface area contributed by atoms with Crippen LogP contribution < -0.4 is 4.90 Å². The number of hydrogen-bond acceptors (Lipinski definition) is 4. The van der Waals surface area contributed by atoms with Gasteiger partial charge in [-0.1, -0.05) is 26.0 Å². The van der Waals surface area contributed by atoms with Crippen LogP contribution in [-0.4, -0.2) is 47.5 Å². The first-order valence-corrected chi connectivity index (χ1v) is 6.90. The van der Waals surface area contributed by atoms with Gasteiger partial charge in [-0.25, -0.2) is 9.97 Å². The first kappa shape index (κ1) is 14.5. The van der Waals surface area contributed by atoms with Crippen molar-refractivity contribution in [2.45, 2.75) is 26.8 Å². The van der Waals surface area contributed by atoms with Crippen LogP contribution in [0.1, 0.15) is 29.9 Å². The number of carbonyl (C=O) groups excluding carboxylic acids is 1. The Bertz CT molecular complexity index is 537. The lowest BCUT2D eigenvalue weighted by Crippen LogP contribution is -2.39. The van der Waals surface area contributed by atoms with Crippen LogP contribution in [0.4, 0.5) is 5.95 Å². The summed E-state index contributed by atoms with van der Waals surface area (Å²) >= 11 is 0. The second kappa shape index (κ2) is 5.61. The minimum Gasteiger partial charge on any atom is -0.347 e. The summed E-state index contributed by atoms with van der Waals surface area (Å²) in [5, 5.41) is 0. The second-order valence-corrected chi connectivity index (χ2v) is 5.68. The zero-order valence-electron chi connectivity index (χ0n) is 12.8. The van der Waals surface area contributed by atoms with Crippen LogP contribution in [0.3, 0.4) is 0 Å². The van der Waals surface area contributed by atoms with Crippen molar-refractivity contribution in [2.75, 3.05) is 25.5 Å². The van der Waals surface area contributed by atoms with E-state index in [2.05, 4.69) is 29.9 Å². The summed E-state index contributed by atoms with van der Waals surface area (Å²) in [5.41, 5.74) is 1.31. The van der Waals surface area contributed by atoms with E-state index in [4.69, 9.17) is 0 Å². The van der Waals surface area contributed by atoms with E-state index in [-0.39, 0.29) is 11.9 Å². The average molecular weight is 274 g/mol. The Morgan fingerprint density at radius 2 is 2.15 bits per heavy atom. The van der Waals surface area contributed by atoms with Crippen molar-refractivity contribution in [2.24, 2.45) is 5.92 Å². The molecule has 1 aliphatic rings. The smallest absolute Gasteiger partial charge is 0.258 e. The molecule has 20 heavy (non-hydrogen) atoms. The molecule has 0 radical (unpaired) electrons. The van der Waals surface area contributed by atoms with Crippen molar-refractivity contribution in [3.63, 3.8) is 0 Å². The highest BCUT2D eigenvalue weighted by atomic mass is 16.2. The highest BCUT2D eigenvalue weighted by Crippen LogP contribution is 2.21. The molecule has 1 amide bonds. The van der Waals surface area contributed by atoms with Gasteiger partial charge >= 0.3 is 0 Å².